The molecule has 33 heavy (non-hydrogen) atoms. The number of H-pyrrole nitrogens is 1. The fourth-order valence-corrected chi connectivity index (χ4v) is 6.76. The zero-order valence-corrected chi connectivity index (χ0v) is 20.2. The van der Waals surface area contributed by atoms with Gasteiger partial charge in [-0.3, -0.25) is 4.79 Å². The first-order valence-corrected chi connectivity index (χ1v) is 12.9. The van der Waals surface area contributed by atoms with E-state index >= 15 is 0 Å². The van der Waals surface area contributed by atoms with Crippen molar-refractivity contribution in [3.8, 4) is 5.75 Å². The SMILES string of the molecule is CCCC(=O)N1CC2(CCN(CC3CCCC3)CC2)c2c([nH]c3cc(OC)ccc23)[C@@H]1CO. The number of nitrogens with zero attached hydrogens (tertiary/aromatic N) is 2. The number of hydrogen-bond donors (Lipinski definition) is 2. The summed E-state index contributed by atoms with van der Waals surface area (Å²) in [5.41, 5.74) is 3.33. The van der Waals surface area contributed by atoms with E-state index < -0.39 is 0 Å². The molecule has 2 aliphatic heterocycles. The zero-order chi connectivity index (χ0) is 23.0. The maximum Gasteiger partial charge on any atom is 0.223 e. The van der Waals surface area contributed by atoms with E-state index in [4.69, 9.17) is 4.74 Å². The quantitative estimate of drug-likeness (QED) is 0.681. The van der Waals surface area contributed by atoms with Crippen molar-refractivity contribution < 1.29 is 14.6 Å². The number of rotatable bonds is 6. The standard InChI is InChI=1S/C27H39N3O3/c1-3-6-24(32)30-18-27(11-13-29(14-12-27)16-19-7-4-5-8-19)25-21-10-9-20(33-2)15-22(21)28-26(25)23(30)17-31/h9-10,15,19,23,28,31H,3-8,11-14,16-18H2,1-2H3/t23-/m0/s1. The molecule has 5 rings (SSSR count). The summed E-state index contributed by atoms with van der Waals surface area (Å²) in [4.78, 5) is 21.4. The van der Waals surface area contributed by atoms with E-state index in [9.17, 15) is 9.90 Å². The average Bonchev–Trinajstić information content (AvgIpc) is 3.48. The van der Waals surface area contributed by atoms with Crippen LogP contribution in [0.4, 0.5) is 0 Å². The number of aliphatic hydroxyl groups is 1. The smallest absolute Gasteiger partial charge is 0.223 e. The normalized spacial score (nSPS) is 23.4. The summed E-state index contributed by atoms with van der Waals surface area (Å²) in [5, 5.41) is 11.6. The first-order chi connectivity index (χ1) is 16.1. The van der Waals surface area contributed by atoms with Gasteiger partial charge in [0.05, 0.1) is 19.8 Å². The Balaban J connectivity index is 1.52. The number of aromatic nitrogens is 1. The number of carbonyl (C=O) groups excluding carboxylic acids is 1. The molecule has 0 bridgehead atoms. The molecule has 1 saturated carbocycles. The molecule has 180 valence electrons. The molecular weight excluding hydrogens is 414 g/mol. The molecule has 1 aromatic carbocycles. The van der Waals surface area contributed by atoms with Crippen molar-refractivity contribution in [2.24, 2.45) is 5.92 Å². The predicted octanol–water partition coefficient (Wildman–Crippen LogP) is 4.38. The molecule has 0 radical (unpaired) electrons. The van der Waals surface area contributed by atoms with Gasteiger partial charge in [0.15, 0.2) is 0 Å². The minimum Gasteiger partial charge on any atom is -0.497 e. The Bertz CT molecular complexity index is 986. The summed E-state index contributed by atoms with van der Waals surface area (Å²) < 4.78 is 5.47. The highest BCUT2D eigenvalue weighted by Crippen LogP contribution is 2.49. The van der Waals surface area contributed by atoms with E-state index in [0.29, 0.717) is 13.0 Å². The maximum atomic E-state index is 13.2. The molecule has 1 aliphatic carbocycles. The Morgan fingerprint density at radius 1 is 1.24 bits per heavy atom. The van der Waals surface area contributed by atoms with Gasteiger partial charge in [-0.25, -0.2) is 0 Å². The van der Waals surface area contributed by atoms with Crippen LogP contribution >= 0.6 is 0 Å². The summed E-state index contributed by atoms with van der Waals surface area (Å²) in [6.07, 6.45) is 9.01. The highest BCUT2D eigenvalue weighted by molar-refractivity contribution is 5.89. The number of ether oxygens (including phenoxy) is 1. The molecule has 1 amide bonds. The second kappa shape index (κ2) is 9.30. The maximum absolute atomic E-state index is 13.2. The van der Waals surface area contributed by atoms with Gasteiger partial charge in [-0.2, -0.15) is 0 Å². The first-order valence-electron chi connectivity index (χ1n) is 12.9. The second-order valence-electron chi connectivity index (χ2n) is 10.5. The number of methoxy groups -OCH3 is 1. The van der Waals surface area contributed by atoms with Gasteiger partial charge in [0.2, 0.25) is 5.91 Å². The minimum absolute atomic E-state index is 0.0592. The van der Waals surface area contributed by atoms with E-state index in [-0.39, 0.29) is 24.0 Å². The van der Waals surface area contributed by atoms with Crippen LogP contribution in [0, 0.1) is 5.92 Å². The van der Waals surface area contributed by atoms with Crippen molar-refractivity contribution in [3.63, 3.8) is 0 Å². The number of benzene rings is 1. The Hall–Kier alpha value is -2.05. The molecule has 2 aromatic rings. The van der Waals surface area contributed by atoms with Crippen LogP contribution in [0.2, 0.25) is 0 Å². The molecule has 1 spiro atoms. The van der Waals surface area contributed by atoms with Crippen LogP contribution in [-0.2, 0) is 10.2 Å². The monoisotopic (exact) mass is 453 g/mol. The number of carbonyl (C=O) groups is 1. The Morgan fingerprint density at radius 3 is 2.67 bits per heavy atom. The Kier molecular flexibility index (Phi) is 6.41. The molecule has 2 fully saturated rings. The van der Waals surface area contributed by atoms with Gasteiger partial charge >= 0.3 is 0 Å². The highest BCUT2D eigenvalue weighted by Gasteiger charge is 2.48. The van der Waals surface area contributed by atoms with Gasteiger partial charge < -0.3 is 24.6 Å². The predicted molar refractivity (Wildman–Crippen MR) is 131 cm³/mol. The molecule has 3 heterocycles. The van der Waals surface area contributed by atoms with Crippen LogP contribution in [0.3, 0.4) is 0 Å². The molecule has 1 atom stereocenters. The van der Waals surface area contributed by atoms with Crippen LogP contribution < -0.4 is 4.74 Å². The van der Waals surface area contributed by atoms with Crippen molar-refractivity contribution in [2.45, 2.75) is 69.7 Å². The lowest BCUT2D eigenvalue weighted by atomic mass is 9.68. The lowest BCUT2D eigenvalue weighted by molar-refractivity contribution is -0.137. The molecule has 1 aromatic heterocycles. The summed E-state index contributed by atoms with van der Waals surface area (Å²) in [6.45, 7) is 6.09. The number of nitrogens with one attached hydrogen (secondary N) is 1. The number of likely N-dealkylation sites (tertiary alicyclic amines) is 1. The summed E-state index contributed by atoms with van der Waals surface area (Å²) in [6, 6.07) is 5.93. The third-order valence-corrected chi connectivity index (χ3v) is 8.51. The molecular formula is C27H39N3O3. The van der Waals surface area contributed by atoms with E-state index in [1.807, 2.05) is 24.0 Å². The minimum atomic E-state index is -0.306. The van der Waals surface area contributed by atoms with Gasteiger partial charge in [-0.05, 0) is 68.8 Å². The van der Waals surface area contributed by atoms with Crippen LogP contribution in [0.25, 0.3) is 10.9 Å². The molecule has 2 N–H and O–H groups in total. The van der Waals surface area contributed by atoms with Crippen LogP contribution in [-0.4, -0.2) is 65.7 Å². The second-order valence-corrected chi connectivity index (χ2v) is 10.5. The van der Waals surface area contributed by atoms with E-state index in [2.05, 4.69) is 16.0 Å². The number of hydrogen-bond acceptors (Lipinski definition) is 4. The first kappa shape index (κ1) is 22.7. The fourth-order valence-electron chi connectivity index (χ4n) is 6.76. The number of amides is 1. The topological polar surface area (TPSA) is 68.8 Å². The van der Waals surface area contributed by atoms with Gasteiger partial charge in [0.1, 0.15) is 5.75 Å². The summed E-state index contributed by atoms with van der Waals surface area (Å²) >= 11 is 0. The largest absolute Gasteiger partial charge is 0.497 e. The Morgan fingerprint density at radius 2 is 2.00 bits per heavy atom. The number of piperidine rings is 1. The third-order valence-electron chi connectivity index (χ3n) is 8.51. The number of aromatic amines is 1. The van der Waals surface area contributed by atoms with E-state index in [0.717, 1.165) is 55.2 Å². The lowest BCUT2D eigenvalue weighted by Gasteiger charge is -2.50. The van der Waals surface area contributed by atoms with E-state index in [1.54, 1.807) is 7.11 Å². The number of fused-ring (bicyclic) bond motifs is 4. The van der Waals surface area contributed by atoms with Crippen molar-refractivity contribution in [2.75, 3.05) is 39.9 Å². The van der Waals surface area contributed by atoms with Crippen molar-refractivity contribution in [1.29, 1.82) is 0 Å². The molecule has 1 saturated heterocycles. The van der Waals surface area contributed by atoms with Crippen molar-refractivity contribution >= 4 is 16.8 Å². The fraction of sp³-hybridized carbons (Fsp3) is 0.667. The van der Waals surface area contributed by atoms with Crippen LogP contribution in [0.15, 0.2) is 18.2 Å². The van der Waals surface area contributed by atoms with Gasteiger partial charge in [-0.15, -0.1) is 0 Å². The van der Waals surface area contributed by atoms with Gasteiger partial charge in [0, 0.05) is 47.6 Å². The van der Waals surface area contributed by atoms with Crippen LogP contribution in [0.1, 0.15) is 75.6 Å². The van der Waals surface area contributed by atoms with Crippen molar-refractivity contribution in [3.05, 3.63) is 29.5 Å². The third kappa shape index (κ3) is 4.06. The molecule has 6 nitrogen and oxygen atoms in total. The zero-order valence-electron chi connectivity index (χ0n) is 20.2. The molecule has 0 unspecified atom stereocenters. The lowest BCUT2D eigenvalue weighted by Crippen LogP contribution is -2.55. The van der Waals surface area contributed by atoms with Gasteiger partial charge in [-0.1, -0.05) is 19.8 Å². The van der Waals surface area contributed by atoms with E-state index in [1.165, 1.54) is 43.2 Å². The van der Waals surface area contributed by atoms with Crippen molar-refractivity contribution in [1.82, 2.24) is 14.8 Å². The molecule has 6 heteroatoms. The average molecular weight is 454 g/mol. The molecule has 3 aliphatic rings. The van der Waals surface area contributed by atoms with Crippen LogP contribution in [0.5, 0.6) is 5.75 Å². The highest BCUT2D eigenvalue weighted by atomic mass is 16.5. The summed E-state index contributed by atoms with van der Waals surface area (Å²) in [5.74, 6) is 1.84. The summed E-state index contributed by atoms with van der Waals surface area (Å²) in [7, 11) is 1.69. The van der Waals surface area contributed by atoms with Gasteiger partial charge in [0.25, 0.3) is 0 Å². The number of aliphatic hydroxyl groups excluding tert-OH is 1. The Labute approximate surface area is 197 Å².